The van der Waals surface area contributed by atoms with E-state index in [0.29, 0.717) is 29.5 Å². The number of hydrogen-bond donors (Lipinski definition) is 2. The molecular formula is C18H23ClN2O4S. The monoisotopic (exact) mass is 398 g/mol. The lowest BCUT2D eigenvalue weighted by molar-refractivity contribution is 0.390. The number of anilines is 1. The average Bonchev–Trinajstić information content (AvgIpc) is 2.65. The summed E-state index contributed by atoms with van der Waals surface area (Å²) in [5, 5.41) is 3.83. The highest BCUT2D eigenvalue weighted by Gasteiger charge is 2.12. The van der Waals surface area contributed by atoms with Crippen molar-refractivity contribution in [1.82, 2.24) is 4.72 Å². The molecule has 0 aromatic heterocycles. The lowest BCUT2D eigenvalue weighted by Gasteiger charge is -2.12. The van der Waals surface area contributed by atoms with Crippen LogP contribution in [0.25, 0.3) is 0 Å². The molecule has 0 aliphatic rings. The molecule has 0 atom stereocenters. The normalized spacial score (nSPS) is 11.2. The first-order valence-electron chi connectivity index (χ1n) is 8.11. The highest BCUT2D eigenvalue weighted by atomic mass is 35.5. The highest BCUT2D eigenvalue weighted by molar-refractivity contribution is 7.89. The van der Waals surface area contributed by atoms with Crippen LogP contribution in [0.4, 0.5) is 5.69 Å². The van der Waals surface area contributed by atoms with Crippen molar-refractivity contribution in [3.8, 4) is 11.5 Å². The van der Waals surface area contributed by atoms with E-state index in [-0.39, 0.29) is 12.3 Å². The van der Waals surface area contributed by atoms with E-state index >= 15 is 0 Å². The quantitative estimate of drug-likeness (QED) is 0.600. The topological polar surface area (TPSA) is 76.7 Å². The molecule has 26 heavy (non-hydrogen) atoms. The number of sulfonamides is 1. The molecule has 2 N–H and O–H groups in total. The summed E-state index contributed by atoms with van der Waals surface area (Å²) in [4.78, 5) is 0. The summed E-state index contributed by atoms with van der Waals surface area (Å²) >= 11 is 5.83. The second kappa shape index (κ2) is 9.66. The van der Waals surface area contributed by atoms with Gasteiger partial charge in [-0.2, -0.15) is 0 Å². The van der Waals surface area contributed by atoms with Gasteiger partial charge < -0.3 is 14.8 Å². The van der Waals surface area contributed by atoms with Gasteiger partial charge in [0.25, 0.3) is 0 Å². The fraction of sp³-hybridized carbons (Fsp3) is 0.333. The smallest absolute Gasteiger partial charge is 0.211 e. The van der Waals surface area contributed by atoms with E-state index in [1.165, 1.54) is 7.11 Å². The van der Waals surface area contributed by atoms with Crippen LogP contribution in [0.15, 0.2) is 42.5 Å². The molecule has 0 aliphatic carbocycles. The van der Waals surface area contributed by atoms with Crippen LogP contribution in [0.5, 0.6) is 11.5 Å². The van der Waals surface area contributed by atoms with Crippen LogP contribution in [0, 0.1) is 0 Å². The minimum atomic E-state index is -3.38. The molecule has 0 heterocycles. The number of hydrogen-bond acceptors (Lipinski definition) is 5. The Labute approximate surface area is 159 Å². The molecule has 2 aromatic carbocycles. The van der Waals surface area contributed by atoms with Gasteiger partial charge in [-0.05, 0) is 36.8 Å². The summed E-state index contributed by atoms with van der Waals surface area (Å²) in [5.74, 6) is 1.27. The predicted octanol–water partition coefficient (Wildman–Crippen LogP) is 3.28. The number of rotatable bonds is 10. The number of ether oxygens (including phenoxy) is 2. The number of nitrogens with one attached hydrogen (secondary N) is 2. The molecule has 2 aromatic rings. The van der Waals surface area contributed by atoms with Crippen LogP contribution in [-0.2, 0) is 16.6 Å². The van der Waals surface area contributed by atoms with Gasteiger partial charge in [-0.3, -0.25) is 0 Å². The molecule has 0 spiro atoms. The minimum Gasteiger partial charge on any atom is -0.497 e. The summed E-state index contributed by atoms with van der Waals surface area (Å²) < 4.78 is 37.3. The van der Waals surface area contributed by atoms with Gasteiger partial charge in [0, 0.05) is 35.4 Å². The zero-order valence-corrected chi connectivity index (χ0v) is 16.4. The first-order chi connectivity index (χ1) is 12.4. The Morgan fingerprint density at radius 2 is 1.77 bits per heavy atom. The minimum absolute atomic E-state index is 0.0338. The van der Waals surface area contributed by atoms with E-state index in [2.05, 4.69) is 10.0 Å². The van der Waals surface area contributed by atoms with Gasteiger partial charge in [-0.25, -0.2) is 13.1 Å². The highest BCUT2D eigenvalue weighted by Crippen LogP contribution is 2.24. The Balaban J connectivity index is 1.80. The Morgan fingerprint density at radius 3 is 2.42 bits per heavy atom. The molecule has 6 nitrogen and oxygen atoms in total. The largest absolute Gasteiger partial charge is 0.497 e. The predicted molar refractivity (Wildman–Crippen MR) is 105 cm³/mol. The first kappa shape index (κ1) is 20.4. The van der Waals surface area contributed by atoms with Crippen LogP contribution >= 0.6 is 11.6 Å². The van der Waals surface area contributed by atoms with Gasteiger partial charge >= 0.3 is 0 Å². The van der Waals surface area contributed by atoms with Gasteiger partial charge in [0.05, 0.1) is 20.0 Å². The van der Waals surface area contributed by atoms with E-state index in [4.69, 9.17) is 21.1 Å². The van der Waals surface area contributed by atoms with Crippen LogP contribution in [0.3, 0.4) is 0 Å². The molecule has 142 valence electrons. The SMILES string of the molecule is COc1ccc(CNS(=O)(=O)CCCNc2ccc(Cl)cc2)c(OC)c1. The maximum absolute atomic E-state index is 12.2. The summed E-state index contributed by atoms with van der Waals surface area (Å²) in [6.07, 6.45) is 0.484. The molecule has 2 rings (SSSR count). The first-order valence-corrected chi connectivity index (χ1v) is 10.1. The third-order valence-corrected chi connectivity index (χ3v) is 5.40. The summed E-state index contributed by atoms with van der Waals surface area (Å²) in [6.45, 7) is 0.717. The zero-order valence-electron chi connectivity index (χ0n) is 14.8. The van der Waals surface area contributed by atoms with Gasteiger partial charge in [0.15, 0.2) is 0 Å². The van der Waals surface area contributed by atoms with Crippen molar-refractivity contribution in [2.45, 2.75) is 13.0 Å². The van der Waals surface area contributed by atoms with Crippen LogP contribution < -0.4 is 19.5 Å². The van der Waals surface area contributed by atoms with E-state index in [1.54, 1.807) is 37.4 Å². The van der Waals surface area contributed by atoms with Crippen molar-refractivity contribution < 1.29 is 17.9 Å². The van der Waals surface area contributed by atoms with E-state index in [0.717, 1.165) is 11.3 Å². The van der Waals surface area contributed by atoms with E-state index < -0.39 is 10.0 Å². The standard InChI is InChI=1S/C18H23ClN2O4S/c1-24-17-9-4-14(18(12-17)25-2)13-21-26(22,23)11-3-10-20-16-7-5-15(19)6-8-16/h4-9,12,20-21H,3,10-11,13H2,1-2H3. The van der Waals surface area contributed by atoms with Crippen LogP contribution in [0.2, 0.25) is 5.02 Å². The number of benzene rings is 2. The third-order valence-electron chi connectivity index (χ3n) is 3.74. The Hall–Kier alpha value is -1.96. The van der Waals surface area contributed by atoms with Gasteiger partial charge in [-0.15, -0.1) is 0 Å². The molecular weight excluding hydrogens is 376 g/mol. The molecule has 8 heteroatoms. The van der Waals surface area contributed by atoms with Crippen molar-refractivity contribution in [3.63, 3.8) is 0 Å². The fourth-order valence-electron chi connectivity index (χ4n) is 2.32. The molecule has 0 amide bonds. The molecule has 0 unspecified atom stereocenters. The second-order valence-corrected chi connectivity index (χ2v) is 7.97. The van der Waals surface area contributed by atoms with Crippen molar-refractivity contribution >= 4 is 27.3 Å². The molecule has 0 aliphatic heterocycles. The van der Waals surface area contributed by atoms with Gasteiger partial charge in [0.2, 0.25) is 10.0 Å². The van der Waals surface area contributed by atoms with Crippen molar-refractivity contribution in [2.24, 2.45) is 0 Å². The number of halogens is 1. The summed E-state index contributed by atoms with van der Waals surface area (Å²) in [5.41, 5.74) is 1.65. The third kappa shape index (κ3) is 6.40. The lowest BCUT2D eigenvalue weighted by Crippen LogP contribution is -2.27. The maximum atomic E-state index is 12.2. The van der Waals surface area contributed by atoms with E-state index in [9.17, 15) is 8.42 Å². The average molecular weight is 399 g/mol. The van der Waals surface area contributed by atoms with Crippen molar-refractivity contribution in [3.05, 3.63) is 53.1 Å². The van der Waals surface area contributed by atoms with Crippen molar-refractivity contribution in [2.75, 3.05) is 31.8 Å². The molecule has 0 saturated heterocycles. The van der Waals surface area contributed by atoms with Gasteiger partial charge in [-0.1, -0.05) is 17.7 Å². The van der Waals surface area contributed by atoms with E-state index in [1.807, 2.05) is 12.1 Å². The fourth-order valence-corrected chi connectivity index (χ4v) is 3.49. The lowest BCUT2D eigenvalue weighted by atomic mass is 10.2. The number of methoxy groups -OCH3 is 2. The summed E-state index contributed by atoms with van der Waals surface area (Å²) in [6, 6.07) is 12.5. The maximum Gasteiger partial charge on any atom is 0.211 e. The summed E-state index contributed by atoms with van der Waals surface area (Å²) in [7, 11) is -0.278. The molecule has 0 bridgehead atoms. The Bertz CT molecular complexity index is 810. The molecule has 0 fully saturated rings. The molecule has 0 saturated carbocycles. The zero-order chi connectivity index (χ0) is 19.0. The van der Waals surface area contributed by atoms with Crippen LogP contribution in [0.1, 0.15) is 12.0 Å². The van der Waals surface area contributed by atoms with Crippen LogP contribution in [-0.4, -0.2) is 34.9 Å². The Morgan fingerprint density at radius 1 is 1.04 bits per heavy atom. The second-order valence-electron chi connectivity index (χ2n) is 5.60. The molecule has 0 radical (unpaired) electrons. The van der Waals surface area contributed by atoms with Gasteiger partial charge in [0.1, 0.15) is 11.5 Å². The van der Waals surface area contributed by atoms with Crippen molar-refractivity contribution in [1.29, 1.82) is 0 Å². The Kier molecular flexibility index (Phi) is 7.56.